The van der Waals surface area contributed by atoms with Crippen molar-refractivity contribution in [1.82, 2.24) is 5.32 Å². The molecule has 1 aliphatic rings. The van der Waals surface area contributed by atoms with Gasteiger partial charge in [0.2, 0.25) is 0 Å². The molecule has 3 nitrogen and oxygen atoms in total. The number of nitrogens with zero attached hydrogens (tertiary/aromatic N) is 1. The minimum absolute atomic E-state index is 0.568. The summed E-state index contributed by atoms with van der Waals surface area (Å²) in [5.74, 6) is 1.75. The first-order chi connectivity index (χ1) is 7.90. The molecule has 1 aromatic heterocycles. The lowest BCUT2D eigenvalue weighted by atomic mass is 9.98. The lowest BCUT2D eigenvalue weighted by molar-refractivity contribution is 0.371. The molecule has 0 aliphatic heterocycles. The zero-order chi connectivity index (χ0) is 11.2. The van der Waals surface area contributed by atoms with Crippen molar-refractivity contribution < 1.29 is 4.42 Å². The third kappa shape index (κ3) is 2.86. The summed E-state index contributed by atoms with van der Waals surface area (Å²) in [5.41, 5.74) is 0. The number of nitriles is 1. The first-order valence-corrected chi connectivity index (χ1v) is 6.03. The molecule has 1 heterocycles. The minimum Gasteiger partial charge on any atom is -0.469 e. The van der Waals surface area contributed by atoms with Crippen LogP contribution in [-0.2, 0) is 6.42 Å². The number of hydrogen-bond acceptors (Lipinski definition) is 3. The predicted octanol–water partition coefficient (Wildman–Crippen LogP) is 2.49. The summed E-state index contributed by atoms with van der Waals surface area (Å²) in [7, 11) is 0. The molecule has 86 valence electrons. The average Bonchev–Trinajstić information content (AvgIpc) is 2.92. The van der Waals surface area contributed by atoms with Gasteiger partial charge in [0.05, 0.1) is 12.3 Å². The molecule has 3 heteroatoms. The van der Waals surface area contributed by atoms with Crippen molar-refractivity contribution in [3.05, 3.63) is 24.2 Å². The molecule has 0 amide bonds. The fourth-order valence-electron chi connectivity index (χ4n) is 2.55. The van der Waals surface area contributed by atoms with E-state index in [1.165, 1.54) is 19.3 Å². The molecule has 2 unspecified atom stereocenters. The van der Waals surface area contributed by atoms with E-state index >= 15 is 0 Å². The van der Waals surface area contributed by atoms with Gasteiger partial charge in [0.25, 0.3) is 0 Å². The molecule has 2 atom stereocenters. The van der Waals surface area contributed by atoms with Gasteiger partial charge < -0.3 is 9.73 Å². The molecule has 1 aliphatic carbocycles. The molecular formula is C13H18N2O. The van der Waals surface area contributed by atoms with Crippen molar-refractivity contribution in [3.63, 3.8) is 0 Å². The van der Waals surface area contributed by atoms with Gasteiger partial charge in [-0.1, -0.05) is 6.42 Å². The molecule has 1 aromatic rings. The van der Waals surface area contributed by atoms with E-state index in [2.05, 4.69) is 11.4 Å². The van der Waals surface area contributed by atoms with Crippen LogP contribution in [0.15, 0.2) is 22.8 Å². The van der Waals surface area contributed by atoms with Gasteiger partial charge in [-0.15, -0.1) is 0 Å². The van der Waals surface area contributed by atoms with E-state index in [1.807, 2.05) is 12.1 Å². The fourth-order valence-corrected chi connectivity index (χ4v) is 2.55. The summed E-state index contributed by atoms with van der Waals surface area (Å²) < 4.78 is 5.39. The Hall–Kier alpha value is -1.27. The van der Waals surface area contributed by atoms with Gasteiger partial charge in [0.15, 0.2) is 0 Å². The minimum atomic E-state index is 0.568. The van der Waals surface area contributed by atoms with Gasteiger partial charge in [0, 0.05) is 25.4 Å². The van der Waals surface area contributed by atoms with Crippen LogP contribution in [0.3, 0.4) is 0 Å². The third-order valence-electron chi connectivity index (χ3n) is 3.35. The quantitative estimate of drug-likeness (QED) is 0.772. The Bertz CT molecular complexity index is 339. The Morgan fingerprint density at radius 3 is 3.19 bits per heavy atom. The smallest absolute Gasteiger partial charge is 0.104 e. The highest BCUT2D eigenvalue weighted by Crippen LogP contribution is 2.28. The van der Waals surface area contributed by atoms with E-state index in [4.69, 9.17) is 9.68 Å². The van der Waals surface area contributed by atoms with E-state index in [0.717, 1.165) is 18.7 Å². The highest BCUT2D eigenvalue weighted by Gasteiger charge is 2.27. The normalized spacial score (nSPS) is 24.4. The van der Waals surface area contributed by atoms with E-state index in [1.54, 1.807) is 6.26 Å². The Labute approximate surface area is 96.4 Å². The molecular weight excluding hydrogens is 200 g/mol. The lowest BCUT2D eigenvalue weighted by Crippen LogP contribution is -2.33. The van der Waals surface area contributed by atoms with Crippen molar-refractivity contribution in [2.24, 2.45) is 5.92 Å². The van der Waals surface area contributed by atoms with E-state index < -0.39 is 0 Å². The van der Waals surface area contributed by atoms with Crippen molar-refractivity contribution in [3.8, 4) is 6.07 Å². The van der Waals surface area contributed by atoms with Gasteiger partial charge in [-0.3, -0.25) is 0 Å². The summed E-state index contributed by atoms with van der Waals surface area (Å²) in [6.07, 6.45) is 7.15. The zero-order valence-electron chi connectivity index (χ0n) is 9.48. The second-order valence-corrected chi connectivity index (χ2v) is 4.44. The van der Waals surface area contributed by atoms with Crippen molar-refractivity contribution in [2.75, 3.05) is 6.54 Å². The van der Waals surface area contributed by atoms with Crippen molar-refractivity contribution in [2.45, 2.75) is 38.1 Å². The first kappa shape index (κ1) is 11.2. The van der Waals surface area contributed by atoms with Crippen LogP contribution in [0, 0.1) is 17.2 Å². The van der Waals surface area contributed by atoms with Gasteiger partial charge in [-0.25, -0.2) is 0 Å². The van der Waals surface area contributed by atoms with Gasteiger partial charge in [-0.2, -0.15) is 5.26 Å². The maximum atomic E-state index is 8.51. The second kappa shape index (κ2) is 5.72. The summed E-state index contributed by atoms with van der Waals surface area (Å²) in [6, 6.07) is 6.73. The van der Waals surface area contributed by atoms with E-state index in [9.17, 15) is 0 Å². The molecule has 16 heavy (non-hydrogen) atoms. The maximum Gasteiger partial charge on any atom is 0.104 e. The van der Waals surface area contributed by atoms with Crippen LogP contribution in [0.25, 0.3) is 0 Å². The molecule has 2 rings (SSSR count). The number of nitrogens with one attached hydrogen (secondary N) is 1. The predicted molar refractivity (Wildman–Crippen MR) is 61.8 cm³/mol. The van der Waals surface area contributed by atoms with Crippen LogP contribution in [0.4, 0.5) is 0 Å². The summed E-state index contributed by atoms with van der Waals surface area (Å²) in [6.45, 7) is 0.815. The molecule has 1 saturated carbocycles. The topological polar surface area (TPSA) is 49.0 Å². The number of rotatable bonds is 5. The SMILES string of the molecule is N#CCCNC1CCCC1Cc1ccco1. The Morgan fingerprint density at radius 2 is 2.44 bits per heavy atom. The number of hydrogen-bond donors (Lipinski definition) is 1. The van der Waals surface area contributed by atoms with Crippen LogP contribution in [0.1, 0.15) is 31.4 Å². The monoisotopic (exact) mass is 218 g/mol. The van der Waals surface area contributed by atoms with Crippen molar-refractivity contribution >= 4 is 0 Å². The van der Waals surface area contributed by atoms with Crippen LogP contribution >= 0.6 is 0 Å². The van der Waals surface area contributed by atoms with Crippen LogP contribution in [0.5, 0.6) is 0 Å². The standard InChI is InChI=1S/C13H18N2O/c14-7-3-8-15-13-6-1-4-11(13)10-12-5-2-9-16-12/h2,5,9,11,13,15H,1,3-4,6,8,10H2. The molecule has 1 N–H and O–H groups in total. The van der Waals surface area contributed by atoms with Crippen LogP contribution in [-0.4, -0.2) is 12.6 Å². The second-order valence-electron chi connectivity index (χ2n) is 4.44. The zero-order valence-corrected chi connectivity index (χ0v) is 9.48. The maximum absolute atomic E-state index is 8.51. The Morgan fingerprint density at radius 1 is 1.50 bits per heavy atom. The lowest BCUT2D eigenvalue weighted by Gasteiger charge is -2.19. The van der Waals surface area contributed by atoms with E-state index in [0.29, 0.717) is 18.4 Å². The molecule has 0 bridgehead atoms. The Balaban J connectivity index is 1.81. The summed E-state index contributed by atoms with van der Waals surface area (Å²) in [5, 5.41) is 12.0. The summed E-state index contributed by atoms with van der Waals surface area (Å²) >= 11 is 0. The highest BCUT2D eigenvalue weighted by molar-refractivity contribution is 5.01. The number of furan rings is 1. The fraction of sp³-hybridized carbons (Fsp3) is 0.615. The largest absolute Gasteiger partial charge is 0.469 e. The molecule has 0 saturated heterocycles. The van der Waals surface area contributed by atoms with Crippen LogP contribution in [0.2, 0.25) is 0 Å². The molecule has 0 radical (unpaired) electrons. The molecule has 0 aromatic carbocycles. The van der Waals surface area contributed by atoms with Crippen molar-refractivity contribution in [1.29, 1.82) is 5.26 Å². The van der Waals surface area contributed by atoms with Gasteiger partial charge in [-0.05, 0) is 30.9 Å². The van der Waals surface area contributed by atoms with Gasteiger partial charge in [0.1, 0.15) is 5.76 Å². The van der Waals surface area contributed by atoms with Gasteiger partial charge >= 0.3 is 0 Å². The Kier molecular flexibility index (Phi) is 4.01. The highest BCUT2D eigenvalue weighted by atomic mass is 16.3. The summed E-state index contributed by atoms with van der Waals surface area (Å²) in [4.78, 5) is 0. The first-order valence-electron chi connectivity index (χ1n) is 6.03. The molecule has 1 fully saturated rings. The van der Waals surface area contributed by atoms with E-state index in [-0.39, 0.29) is 0 Å². The average molecular weight is 218 g/mol. The van der Waals surface area contributed by atoms with Crippen LogP contribution < -0.4 is 5.32 Å². The third-order valence-corrected chi connectivity index (χ3v) is 3.35. The molecule has 0 spiro atoms.